The summed E-state index contributed by atoms with van der Waals surface area (Å²) < 4.78 is 0. The summed E-state index contributed by atoms with van der Waals surface area (Å²) in [7, 11) is 0. The Morgan fingerprint density at radius 3 is 1.83 bits per heavy atom. The number of hydrogen-bond acceptors (Lipinski definition) is 10. The molecule has 0 fully saturated rings. The Labute approximate surface area is 278 Å². The number of carboxylic acid groups (broad SMARTS) is 2. The van der Waals surface area contributed by atoms with Gasteiger partial charge in [0.2, 0.25) is 29.5 Å². The minimum atomic E-state index is -1.56. The third-order valence-corrected chi connectivity index (χ3v) is 7.29. The largest absolute Gasteiger partial charge is 0.481 e. The molecule has 0 heterocycles. The first-order chi connectivity index (χ1) is 22.6. The van der Waals surface area contributed by atoms with Crippen molar-refractivity contribution < 1.29 is 48.9 Å². The van der Waals surface area contributed by atoms with E-state index in [4.69, 9.17) is 11.5 Å². The number of benzene rings is 1. The van der Waals surface area contributed by atoms with Gasteiger partial charge in [-0.3, -0.25) is 28.8 Å². The fourth-order valence-electron chi connectivity index (χ4n) is 4.45. The lowest BCUT2D eigenvalue weighted by atomic mass is 10.0. The number of aliphatic carboxylic acids is 2. The number of aliphatic hydroxyl groups excluding tert-OH is 1. The molecule has 0 aliphatic heterocycles. The molecular weight excluding hydrogens is 630 g/mol. The number of carbonyl (C=O) groups is 7. The molecule has 0 aromatic heterocycles. The molecule has 268 valence electrons. The van der Waals surface area contributed by atoms with E-state index in [1.54, 1.807) is 38.1 Å². The van der Waals surface area contributed by atoms with Gasteiger partial charge in [-0.25, -0.2) is 4.79 Å². The summed E-state index contributed by atoms with van der Waals surface area (Å²) in [4.78, 5) is 87.6. The summed E-state index contributed by atoms with van der Waals surface area (Å²) in [6.45, 7) is 3.93. The molecule has 1 aromatic rings. The van der Waals surface area contributed by atoms with E-state index in [0.29, 0.717) is 19.4 Å². The molecule has 48 heavy (non-hydrogen) atoms. The van der Waals surface area contributed by atoms with Crippen LogP contribution in [0.2, 0.25) is 0 Å². The van der Waals surface area contributed by atoms with Crippen LogP contribution in [-0.2, 0) is 40.0 Å². The average Bonchev–Trinajstić information content (AvgIpc) is 3.03. The predicted octanol–water partition coefficient (Wildman–Crippen LogP) is -2.27. The highest BCUT2D eigenvalue weighted by Gasteiger charge is 2.33. The predicted molar refractivity (Wildman–Crippen MR) is 173 cm³/mol. The maximum atomic E-state index is 13.3. The van der Waals surface area contributed by atoms with Gasteiger partial charge >= 0.3 is 11.9 Å². The molecule has 0 spiro atoms. The van der Waals surface area contributed by atoms with Crippen LogP contribution in [0.3, 0.4) is 0 Å². The van der Waals surface area contributed by atoms with Crippen LogP contribution in [0.5, 0.6) is 0 Å². The van der Waals surface area contributed by atoms with E-state index in [-0.39, 0.29) is 19.3 Å². The van der Waals surface area contributed by atoms with E-state index in [1.807, 2.05) is 6.07 Å². The maximum absolute atomic E-state index is 13.3. The van der Waals surface area contributed by atoms with Crippen molar-refractivity contribution in [1.29, 1.82) is 0 Å². The van der Waals surface area contributed by atoms with Gasteiger partial charge in [0.15, 0.2) is 0 Å². The highest BCUT2D eigenvalue weighted by Crippen LogP contribution is 2.08. The van der Waals surface area contributed by atoms with Crippen molar-refractivity contribution in [2.75, 3.05) is 13.2 Å². The van der Waals surface area contributed by atoms with E-state index in [9.17, 15) is 48.9 Å². The summed E-state index contributed by atoms with van der Waals surface area (Å²) in [5.74, 6) is -7.40. The van der Waals surface area contributed by atoms with Gasteiger partial charge in [0, 0.05) is 6.42 Å². The van der Waals surface area contributed by atoms with E-state index in [1.165, 1.54) is 6.92 Å². The van der Waals surface area contributed by atoms with Gasteiger partial charge in [0.1, 0.15) is 30.2 Å². The van der Waals surface area contributed by atoms with Crippen LogP contribution in [0.25, 0.3) is 0 Å². The molecular formula is C31H49N7O10. The van der Waals surface area contributed by atoms with Gasteiger partial charge in [-0.2, -0.15) is 0 Å². The second-order valence-electron chi connectivity index (χ2n) is 11.7. The van der Waals surface area contributed by atoms with Crippen molar-refractivity contribution in [2.45, 2.75) is 95.5 Å². The first kappa shape index (κ1) is 41.4. The SMILES string of the molecule is CC(C)[C@H](NC(=O)[C@H](CCC(=O)O)NC(=O)[C@H](C)NC(=O)[C@@H](N)Cc1ccccc1)C(=O)N[C@@H](CO)C(=O)N[C@@H](CCCCN)C(=O)O. The Morgan fingerprint density at radius 2 is 1.29 bits per heavy atom. The number of nitrogens with two attached hydrogens (primary N) is 2. The Bertz CT molecular complexity index is 1250. The van der Waals surface area contributed by atoms with Gasteiger partial charge in [0.25, 0.3) is 0 Å². The normalized spacial score (nSPS) is 14.7. The number of amides is 5. The lowest BCUT2D eigenvalue weighted by Crippen LogP contribution is -2.60. The third kappa shape index (κ3) is 14.9. The first-order valence-corrected chi connectivity index (χ1v) is 15.7. The fraction of sp³-hybridized carbons (Fsp3) is 0.581. The summed E-state index contributed by atoms with van der Waals surface area (Å²) >= 11 is 0. The third-order valence-electron chi connectivity index (χ3n) is 7.29. The van der Waals surface area contributed by atoms with Crippen molar-refractivity contribution in [2.24, 2.45) is 17.4 Å². The maximum Gasteiger partial charge on any atom is 0.326 e. The minimum Gasteiger partial charge on any atom is -0.481 e. The molecule has 17 heteroatoms. The number of nitrogens with one attached hydrogen (secondary N) is 5. The zero-order valence-electron chi connectivity index (χ0n) is 27.4. The quantitative estimate of drug-likeness (QED) is 0.0581. The topological polar surface area (TPSA) is 292 Å². The van der Waals surface area contributed by atoms with Gasteiger partial charge < -0.3 is 53.4 Å². The molecule has 0 saturated heterocycles. The lowest BCUT2D eigenvalue weighted by Gasteiger charge is -2.27. The summed E-state index contributed by atoms with van der Waals surface area (Å²) in [6, 6.07) is 1.20. The van der Waals surface area contributed by atoms with E-state index < -0.39 is 96.7 Å². The molecule has 12 N–H and O–H groups in total. The molecule has 0 unspecified atom stereocenters. The lowest BCUT2D eigenvalue weighted by molar-refractivity contribution is -0.143. The summed E-state index contributed by atoms with van der Waals surface area (Å²) in [5, 5.41) is 40.3. The van der Waals surface area contributed by atoms with Gasteiger partial charge in [-0.1, -0.05) is 44.2 Å². The van der Waals surface area contributed by atoms with Crippen LogP contribution in [0.1, 0.15) is 58.4 Å². The molecule has 0 bridgehead atoms. The van der Waals surface area contributed by atoms with Crippen LogP contribution in [0.4, 0.5) is 0 Å². The zero-order valence-corrected chi connectivity index (χ0v) is 27.4. The second-order valence-corrected chi connectivity index (χ2v) is 11.7. The Hall–Kier alpha value is -4.61. The van der Waals surface area contributed by atoms with Crippen molar-refractivity contribution in [1.82, 2.24) is 26.6 Å². The minimum absolute atomic E-state index is 0.0707. The van der Waals surface area contributed by atoms with Crippen molar-refractivity contribution in [3.8, 4) is 0 Å². The summed E-state index contributed by atoms with van der Waals surface area (Å²) in [5.41, 5.74) is 12.2. The molecule has 0 aliphatic rings. The van der Waals surface area contributed by atoms with E-state index >= 15 is 0 Å². The molecule has 6 atom stereocenters. The van der Waals surface area contributed by atoms with Crippen molar-refractivity contribution >= 4 is 41.5 Å². The highest BCUT2D eigenvalue weighted by atomic mass is 16.4. The van der Waals surface area contributed by atoms with Crippen molar-refractivity contribution in [3.63, 3.8) is 0 Å². The van der Waals surface area contributed by atoms with E-state index in [0.717, 1.165) is 5.56 Å². The van der Waals surface area contributed by atoms with Crippen LogP contribution >= 0.6 is 0 Å². The number of unbranched alkanes of at least 4 members (excludes halogenated alkanes) is 1. The van der Waals surface area contributed by atoms with Crippen LogP contribution < -0.4 is 38.1 Å². The smallest absolute Gasteiger partial charge is 0.326 e. The molecule has 1 rings (SSSR count). The number of carboxylic acids is 2. The zero-order chi connectivity index (χ0) is 36.4. The molecule has 0 aliphatic carbocycles. The Kier molecular flexibility index (Phi) is 18.4. The first-order valence-electron chi connectivity index (χ1n) is 15.7. The fourth-order valence-corrected chi connectivity index (χ4v) is 4.45. The standard InChI is InChI=1S/C31H49N7O10/c1-17(2)25(30(46)37-23(16-39)29(45)36-22(31(47)48)11-7-8-14-32)38-28(44)21(12-13-24(40)41)35-26(42)18(3)34-27(43)20(33)15-19-9-5-4-6-10-19/h4-6,9-10,17-18,20-23,25,39H,7-8,11-16,32-33H2,1-3H3,(H,34,43)(H,35,42)(H,36,45)(H,37,46)(H,38,44)(H,40,41)(H,47,48)/t18-,20-,21-,22-,23-,25-/m0/s1. The molecule has 17 nitrogen and oxygen atoms in total. The van der Waals surface area contributed by atoms with Gasteiger partial charge in [0.05, 0.1) is 12.6 Å². The Balaban J connectivity index is 2.96. The monoisotopic (exact) mass is 679 g/mol. The number of carbonyl (C=O) groups excluding carboxylic acids is 5. The molecule has 5 amide bonds. The average molecular weight is 680 g/mol. The molecule has 1 aromatic carbocycles. The molecule has 0 saturated carbocycles. The highest BCUT2D eigenvalue weighted by molar-refractivity contribution is 5.96. The van der Waals surface area contributed by atoms with Gasteiger partial charge in [-0.15, -0.1) is 0 Å². The molecule has 0 radical (unpaired) electrons. The van der Waals surface area contributed by atoms with Crippen molar-refractivity contribution in [3.05, 3.63) is 35.9 Å². The second kappa shape index (κ2) is 21.3. The van der Waals surface area contributed by atoms with Crippen LogP contribution in [0, 0.1) is 5.92 Å². The van der Waals surface area contributed by atoms with E-state index in [2.05, 4.69) is 26.6 Å². The number of aliphatic hydroxyl groups is 1. The Morgan fingerprint density at radius 1 is 0.708 bits per heavy atom. The number of rotatable bonds is 22. The number of hydrogen-bond donors (Lipinski definition) is 10. The van der Waals surface area contributed by atoms with Crippen LogP contribution in [-0.4, -0.2) is 106 Å². The van der Waals surface area contributed by atoms with Crippen LogP contribution in [0.15, 0.2) is 30.3 Å². The summed E-state index contributed by atoms with van der Waals surface area (Å²) in [6.07, 6.45) is 0.328. The van der Waals surface area contributed by atoms with Gasteiger partial charge in [-0.05, 0) is 57.1 Å².